The number of hydrogen-bond donors (Lipinski definition) is 0. The molecule has 1 unspecified atom stereocenters. The van der Waals surface area contributed by atoms with Gasteiger partial charge >= 0.3 is 0 Å². The molecule has 1 aliphatic carbocycles. The molecule has 2 aromatic rings. The van der Waals surface area contributed by atoms with Crippen LogP contribution in [0.5, 0.6) is 11.6 Å². The number of pyridine rings is 1. The lowest BCUT2D eigenvalue weighted by Crippen LogP contribution is -2.17. The Morgan fingerprint density at radius 3 is 2.59 bits per heavy atom. The molecule has 27 heavy (non-hydrogen) atoms. The number of aromatic nitrogens is 1. The molecule has 0 aliphatic heterocycles. The highest BCUT2D eigenvalue weighted by molar-refractivity contribution is 9.10. The maximum Gasteiger partial charge on any atom is 0.228 e. The summed E-state index contributed by atoms with van der Waals surface area (Å²) in [5, 5.41) is 0. The molecule has 1 aliphatic rings. The van der Waals surface area contributed by atoms with Crippen LogP contribution >= 0.6 is 31.9 Å². The topological polar surface area (TPSA) is 47.0 Å². The minimum absolute atomic E-state index is 0.0581. The number of hydrogen-bond acceptors (Lipinski definition) is 4. The molecule has 0 spiro atoms. The van der Waals surface area contributed by atoms with Gasteiger partial charge in [-0.1, -0.05) is 0 Å². The van der Waals surface area contributed by atoms with Crippen LogP contribution in [-0.4, -0.2) is 43.0 Å². The van der Waals surface area contributed by atoms with Crippen molar-refractivity contribution < 1.29 is 9.47 Å². The van der Waals surface area contributed by atoms with Crippen molar-refractivity contribution in [2.75, 3.05) is 20.7 Å². The number of aliphatic imine (C=N–C) groups is 1. The SMILES string of the molecule is CCN(C)/C=N/c1cc(Br)c(OC2Cc3cc(Br)c(OC)cc3C2)nc1C. The van der Waals surface area contributed by atoms with Gasteiger partial charge in [-0.3, -0.25) is 0 Å². The first-order valence-electron chi connectivity index (χ1n) is 8.84. The number of ether oxygens (including phenoxy) is 2. The Labute approximate surface area is 177 Å². The van der Waals surface area contributed by atoms with Crippen molar-refractivity contribution in [2.45, 2.75) is 32.8 Å². The van der Waals surface area contributed by atoms with Gasteiger partial charge in [0, 0.05) is 26.4 Å². The molecule has 1 heterocycles. The minimum atomic E-state index is 0.0581. The zero-order valence-corrected chi connectivity index (χ0v) is 19.1. The lowest BCUT2D eigenvalue weighted by atomic mass is 10.1. The Hall–Kier alpha value is -1.60. The molecule has 144 valence electrons. The van der Waals surface area contributed by atoms with E-state index in [2.05, 4.69) is 60.9 Å². The molecule has 0 saturated heterocycles. The molecule has 0 radical (unpaired) electrons. The van der Waals surface area contributed by atoms with Gasteiger partial charge in [0.2, 0.25) is 5.88 Å². The first-order chi connectivity index (χ1) is 12.9. The van der Waals surface area contributed by atoms with Crippen LogP contribution in [0.4, 0.5) is 5.69 Å². The molecule has 5 nitrogen and oxygen atoms in total. The first kappa shape index (κ1) is 20.1. The lowest BCUT2D eigenvalue weighted by molar-refractivity contribution is 0.203. The maximum atomic E-state index is 6.21. The number of nitrogens with zero attached hydrogens (tertiary/aromatic N) is 3. The van der Waals surface area contributed by atoms with Crippen LogP contribution in [0.15, 0.2) is 32.1 Å². The summed E-state index contributed by atoms with van der Waals surface area (Å²) in [5.41, 5.74) is 4.22. The van der Waals surface area contributed by atoms with Gasteiger partial charge in [-0.2, -0.15) is 0 Å². The maximum absolute atomic E-state index is 6.21. The zero-order valence-electron chi connectivity index (χ0n) is 15.9. The molecule has 0 amide bonds. The molecule has 0 fully saturated rings. The van der Waals surface area contributed by atoms with Gasteiger partial charge in [0.05, 0.1) is 33.8 Å². The summed E-state index contributed by atoms with van der Waals surface area (Å²) in [6.45, 7) is 4.93. The molecule has 0 bridgehead atoms. The Morgan fingerprint density at radius 1 is 1.22 bits per heavy atom. The van der Waals surface area contributed by atoms with Gasteiger partial charge < -0.3 is 14.4 Å². The van der Waals surface area contributed by atoms with Gasteiger partial charge in [0.1, 0.15) is 11.9 Å². The minimum Gasteiger partial charge on any atom is -0.496 e. The molecule has 1 aromatic heterocycles. The first-order valence-corrected chi connectivity index (χ1v) is 10.4. The summed E-state index contributed by atoms with van der Waals surface area (Å²) in [6.07, 6.45) is 3.57. The third kappa shape index (κ3) is 4.63. The quantitative estimate of drug-likeness (QED) is 0.413. The predicted octanol–water partition coefficient (Wildman–Crippen LogP) is 5.08. The summed E-state index contributed by atoms with van der Waals surface area (Å²) >= 11 is 7.13. The van der Waals surface area contributed by atoms with Crippen LogP contribution in [0, 0.1) is 6.92 Å². The molecular weight excluding hydrogens is 474 g/mol. The fraction of sp³-hybridized carbons (Fsp3) is 0.400. The second kappa shape index (κ2) is 8.61. The predicted molar refractivity (Wildman–Crippen MR) is 116 cm³/mol. The third-order valence-corrected chi connectivity index (χ3v) is 5.84. The largest absolute Gasteiger partial charge is 0.496 e. The fourth-order valence-electron chi connectivity index (χ4n) is 2.98. The standard InChI is InChI=1S/C20H23Br2N3O2/c1-5-25(3)11-23-18-10-17(22)20(24-12(18)2)27-15-6-13-8-16(21)19(26-4)9-14(13)7-15/h8-11,15H,5-7H2,1-4H3/b23-11+. The number of methoxy groups -OCH3 is 1. The van der Waals surface area contributed by atoms with E-state index < -0.39 is 0 Å². The van der Waals surface area contributed by atoms with Crippen molar-refractivity contribution in [3.63, 3.8) is 0 Å². The van der Waals surface area contributed by atoms with Crippen molar-refractivity contribution >= 4 is 43.9 Å². The van der Waals surface area contributed by atoms with Crippen molar-refractivity contribution in [1.82, 2.24) is 9.88 Å². The van der Waals surface area contributed by atoms with Crippen LogP contribution in [0.1, 0.15) is 23.7 Å². The van der Waals surface area contributed by atoms with Crippen LogP contribution < -0.4 is 9.47 Å². The molecule has 7 heteroatoms. The van der Waals surface area contributed by atoms with E-state index in [1.54, 1.807) is 7.11 Å². The van der Waals surface area contributed by atoms with Crippen LogP contribution in [0.3, 0.4) is 0 Å². The second-order valence-electron chi connectivity index (χ2n) is 6.60. The molecule has 1 atom stereocenters. The van der Waals surface area contributed by atoms with Crippen molar-refractivity contribution in [3.8, 4) is 11.6 Å². The smallest absolute Gasteiger partial charge is 0.228 e. The molecule has 0 N–H and O–H groups in total. The van der Waals surface area contributed by atoms with Crippen LogP contribution in [0.25, 0.3) is 0 Å². The van der Waals surface area contributed by atoms with Crippen LogP contribution in [-0.2, 0) is 12.8 Å². The summed E-state index contributed by atoms with van der Waals surface area (Å²) in [5.74, 6) is 1.46. The van der Waals surface area contributed by atoms with E-state index in [1.165, 1.54) is 11.1 Å². The summed E-state index contributed by atoms with van der Waals surface area (Å²) in [4.78, 5) is 11.1. The highest BCUT2D eigenvalue weighted by Crippen LogP contribution is 2.36. The third-order valence-electron chi connectivity index (χ3n) is 4.65. The fourth-order valence-corrected chi connectivity index (χ4v) is 3.93. The van der Waals surface area contributed by atoms with E-state index in [4.69, 9.17) is 9.47 Å². The second-order valence-corrected chi connectivity index (χ2v) is 8.31. The number of aryl methyl sites for hydroxylation is 1. The van der Waals surface area contributed by atoms with Gasteiger partial charge in [-0.05, 0) is 75.0 Å². The average Bonchev–Trinajstić information content (AvgIpc) is 3.03. The number of fused-ring (bicyclic) bond motifs is 1. The summed E-state index contributed by atoms with van der Waals surface area (Å²) in [6, 6.07) is 6.16. The number of benzene rings is 1. The Kier molecular flexibility index (Phi) is 6.42. The van der Waals surface area contributed by atoms with Gasteiger partial charge in [-0.25, -0.2) is 9.98 Å². The Balaban J connectivity index is 1.75. The van der Waals surface area contributed by atoms with E-state index >= 15 is 0 Å². The highest BCUT2D eigenvalue weighted by atomic mass is 79.9. The van der Waals surface area contributed by atoms with E-state index in [1.807, 2.05) is 31.3 Å². The zero-order chi connectivity index (χ0) is 19.6. The van der Waals surface area contributed by atoms with E-state index in [0.29, 0.717) is 5.88 Å². The lowest BCUT2D eigenvalue weighted by Gasteiger charge is -2.15. The molecule has 3 rings (SSSR count). The van der Waals surface area contributed by atoms with E-state index in [0.717, 1.165) is 45.5 Å². The number of rotatable bonds is 6. The monoisotopic (exact) mass is 495 g/mol. The normalized spacial score (nSPS) is 15.9. The Bertz CT molecular complexity index is 871. The van der Waals surface area contributed by atoms with Crippen molar-refractivity contribution in [1.29, 1.82) is 0 Å². The molecular formula is C20H23Br2N3O2. The summed E-state index contributed by atoms with van der Waals surface area (Å²) in [7, 11) is 3.67. The molecule has 0 saturated carbocycles. The van der Waals surface area contributed by atoms with E-state index in [-0.39, 0.29) is 6.10 Å². The van der Waals surface area contributed by atoms with Gasteiger partial charge in [0.25, 0.3) is 0 Å². The van der Waals surface area contributed by atoms with E-state index in [9.17, 15) is 0 Å². The average molecular weight is 497 g/mol. The van der Waals surface area contributed by atoms with Gasteiger partial charge in [-0.15, -0.1) is 0 Å². The summed E-state index contributed by atoms with van der Waals surface area (Å²) < 4.78 is 13.4. The van der Waals surface area contributed by atoms with Gasteiger partial charge in [0.15, 0.2) is 0 Å². The number of halogens is 2. The van der Waals surface area contributed by atoms with Crippen molar-refractivity contribution in [2.24, 2.45) is 4.99 Å². The Morgan fingerprint density at radius 2 is 1.93 bits per heavy atom. The van der Waals surface area contributed by atoms with Crippen molar-refractivity contribution in [3.05, 3.63) is 44.0 Å². The highest BCUT2D eigenvalue weighted by Gasteiger charge is 2.26. The molecule has 1 aromatic carbocycles. The van der Waals surface area contributed by atoms with Crippen LogP contribution in [0.2, 0.25) is 0 Å².